The number of nitrogens with zero attached hydrogens (tertiary/aromatic N) is 2. The molecule has 3 aliphatic rings. The Balaban J connectivity index is 1.89. The minimum absolute atomic E-state index is 0.0573. The summed E-state index contributed by atoms with van der Waals surface area (Å²) in [5, 5.41) is 8.53. The van der Waals surface area contributed by atoms with Gasteiger partial charge in [-0.15, -0.1) is 0 Å². The molecule has 1 fully saturated rings. The van der Waals surface area contributed by atoms with Crippen LogP contribution in [0.5, 0.6) is 0 Å². The van der Waals surface area contributed by atoms with Gasteiger partial charge in [0.05, 0.1) is 16.8 Å². The predicted molar refractivity (Wildman–Crippen MR) is 57.2 cm³/mol. The summed E-state index contributed by atoms with van der Waals surface area (Å²) >= 11 is 0. The highest BCUT2D eigenvalue weighted by molar-refractivity contribution is 5.99. The Morgan fingerprint density at radius 3 is 3.38 bits per heavy atom. The van der Waals surface area contributed by atoms with Gasteiger partial charge in [0.15, 0.2) is 0 Å². The van der Waals surface area contributed by atoms with Crippen molar-refractivity contribution in [2.45, 2.75) is 37.5 Å². The number of hydrogen-bond donors (Lipinski definition) is 0. The third kappa shape index (κ3) is 0.907. The molecule has 4 rings (SSSR count). The summed E-state index contributed by atoms with van der Waals surface area (Å²) in [5.41, 5.74) is 3.72. The van der Waals surface area contributed by atoms with Crippen molar-refractivity contribution in [1.82, 2.24) is 5.16 Å². The highest BCUT2D eigenvalue weighted by Crippen LogP contribution is 2.50. The number of oxime groups is 1. The maximum absolute atomic E-state index is 5.26. The zero-order chi connectivity index (χ0) is 10.6. The van der Waals surface area contributed by atoms with Gasteiger partial charge in [0.2, 0.25) is 0 Å². The van der Waals surface area contributed by atoms with Crippen LogP contribution in [0.1, 0.15) is 36.9 Å². The lowest BCUT2D eigenvalue weighted by Crippen LogP contribution is -2.36. The normalized spacial score (nSPS) is 35.8. The quantitative estimate of drug-likeness (QED) is 0.669. The van der Waals surface area contributed by atoms with Crippen LogP contribution < -0.4 is 0 Å². The molecule has 1 aliphatic heterocycles. The van der Waals surface area contributed by atoms with Gasteiger partial charge < -0.3 is 9.36 Å². The minimum atomic E-state index is 0.0573. The lowest BCUT2D eigenvalue weighted by molar-refractivity contribution is 0.149. The number of aryl methyl sites for hydroxylation is 1. The van der Waals surface area contributed by atoms with Gasteiger partial charge in [0.25, 0.3) is 0 Å². The molecule has 0 aromatic carbocycles. The van der Waals surface area contributed by atoms with Gasteiger partial charge in [-0.2, -0.15) is 0 Å². The summed E-state index contributed by atoms with van der Waals surface area (Å²) in [5.74, 6) is 0.530. The van der Waals surface area contributed by atoms with Crippen LogP contribution in [-0.4, -0.2) is 17.5 Å². The van der Waals surface area contributed by atoms with E-state index in [0.29, 0.717) is 5.92 Å². The molecule has 4 nitrogen and oxygen atoms in total. The highest BCUT2D eigenvalue weighted by Gasteiger charge is 2.53. The molecule has 1 aromatic heterocycles. The Morgan fingerprint density at radius 1 is 1.38 bits per heavy atom. The van der Waals surface area contributed by atoms with Gasteiger partial charge in [0, 0.05) is 11.5 Å². The number of fused-ring (bicyclic) bond motifs is 4. The molecule has 16 heavy (non-hydrogen) atoms. The molecule has 1 saturated carbocycles. The van der Waals surface area contributed by atoms with E-state index in [1.807, 2.05) is 0 Å². The highest BCUT2D eigenvalue weighted by atomic mass is 16.6. The largest absolute Gasteiger partial charge is 0.395 e. The molecule has 1 aromatic rings. The van der Waals surface area contributed by atoms with Gasteiger partial charge in [-0.3, -0.25) is 0 Å². The molecule has 1 spiro atoms. The molecular weight excluding hydrogens is 204 g/mol. The third-order valence-corrected chi connectivity index (χ3v) is 4.38. The van der Waals surface area contributed by atoms with Crippen LogP contribution >= 0.6 is 0 Å². The van der Waals surface area contributed by atoms with E-state index in [1.54, 1.807) is 6.26 Å². The van der Waals surface area contributed by atoms with Crippen LogP contribution in [0.4, 0.5) is 0 Å². The van der Waals surface area contributed by atoms with Gasteiger partial charge >= 0.3 is 0 Å². The molecule has 2 atom stereocenters. The Morgan fingerprint density at radius 2 is 2.38 bits per heavy atom. The zero-order valence-corrected chi connectivity index (χ0v) is 9.11. The van der Waals surface area contributed by atoms with Crippen molar-refractivity contribution < 1.29 is 9.36 Å². The van der Waals surface area contributed by atoms with Gasteiger partial charge in [-0.1, -0.05) is 10.3 Å². The standard InChI is InChI=1S/C12H14N2O2/c1-2-8-6-15-13-10(8)12(4-1)5-3-9-7-16-14-11(9)12/h6,9H,1-5,7H2/t9-,12+/m1/s1. The summed E-state index contributed by atoms with van der Waals surface area (Å²) in [6.07, 6.45) is 7.62. The third-order valence-electron chi connectivity index (χ3n) is 4.38. The van der Waals surface area contributed by atoms with Crippen LogP contribution in [0, 0.1) is 5.92 Å². The van der Waals surface area contributed by atoms with E-state index < -0.39 is 0 Å². The van der Waals surface area contributed by atoms with E-state index in [2.05, 4.69) is 10.3 Å². The lowest BCUT2D eigenvalue weighted by atomic mass is 9.71. The number of aromatic nitrogens is 1. The van der Waals surface area contributed by atoms with Crippen LogP contribution in [0.3, 0.4) is 0 Å². The maximum atomic E-state index is 5.26. The summed E-state index contributed by atoms with van der Waals surface area (Å²) in [4.78, 5) is 5.26. The second-order valence-electron chi connectivity index (χ2n) is 5.13. The second-order valence-corrected chi connectivity index (χ2v) is 5.13. The van der Waals surface area contributed by atoms with Crippen molar-refractivity contribution in [3.63, 3.8) is 0 Å². The Kier molecular flexibility index (Phi) is 1.58. The molecule has 0 N–H and O–H groups in total. The minimum Gasteiger partial charge on any atom is -0.395 e. The van der Waals surface area contributed by atoms with E-state index in [4.69, 9.17) is 9.36 Å². The van der Waals surface area contributed by atoms with Crippen LogP contribution in [-0.2, 0) is 16.7 Å². The first kappa shape index (κ1) is 8.79. The predicted octanol–water partition coefficient (Wildman–Crippen LogP) is 2.04. The monoisotopic (exact) mass is 218 g/mol. The molecule has 0 radical (unpaired) electrons. The molecular formula is C12H14N2O2. The van der Waals surface area contributed by atoms with Gasteiger partial charge in [-0.25, -0.2) is 0 Å². The van der Waals surface area contributed by atoms with E-state index in [1.165, 1.54) is 30.5 Å². The summed E-state index contributed by atoms with van der Waals surface area (Å²) in [6.45, 7) is 0.768. The molecule has 84 valence electrons. The van der Waals surface area contributed by atoms with E-state index >= 15 is 0 Å². The fourth-order valence-corrected chi connectivity index (χ4v) is 3.62. The summed E-state index contributed by atoms with van der Waals surface area (Å²) in [6, 6.07) is 0. The SMILES string of the molecule is c1onc2c1CCC[C@]21CC[C@@H]2CON=C21. The zero-order valence-electron chi connectivity index (χ0n) is 9.11. The van der Waals surface area contributed by atoms with Crippen molar-refractivity contribution in [3.05, 3.63) is 17.5 Å². The average Bonchev–Trinajstić information content (AvgIpc) is 2.97. The Hall–Kier alpha value is -1.32. The first-order valence-electron chi connectivity index (χ1n) is 6.04. The smallest absolute Gasteiger partial charge is 0.127 e. The van der Waals surface area contributed by atoms with Crippen LogP contribution in [0.15, 0.2) is 15.9 Å². The van der Waals surface area contributed by atoms with Crippen molar-refractivity contribution in [3.8, 4) is 0 Å². The lowest BCUT2D eigenvalue weighted by Gasteiger charge is -2.31. The molecule has 0 bridgehead atoms. The van der Waals surface area contributed by atoms with Crippen molar-refractivity contribution >= 4 is 5.71 Å². The fraction of sp³-hybridized carbons (Fsp3) is 0.667. The molecule has 0 unspecified atom stereocenters. The van der Waals surface area contributed by atoms with Gasteiger partial charge in [0.1, 0.15) is 12.9 Å². The average molecular weight is 218 g/mol. The van der Waals surface area contributed by atoms with E-state index in [0.717, 1.165) is 25.1 Å². The van der Waals surface area contributed by atoms with Gasteiger partial charge in [-0.05, 0) is 32.1 Å². The molecule has 0 amide bonds. The second kappa shape index (κ2) is 2.87. The first-order valence-corrected chi connectivity index (χ1v) is 6.04. The molecule has 4 heteroatoms. The molecule has 0 saturated heterocycles. The number of rotatable bonds is 0. The van der Waals surface area contributed by atoms with E-state index in [9.17, 15) is 0 Å². The number of hydrogen-bond acceptors (Lipinski definition) is 4. The summed E-state index contributed by atoms with van der Waals surface area (Å²) in [7, 11) is 0. The topological polar surface area (TPSA) is 47.6 Å². The fourth-order valence-electron chi connectivity index (χ4n) is 3.62. The van der Waals surface area contributed by atoms with Crippen molar-refractivity contribution in [1.29, 1.82) is 0 Å². The molecule has 2 heterocycles. The van der Waals surface area contributed by atoms with Crippen molar-refractivity contribution in [2.24, 2.45) is 11.1 Å². The first-order chi connectivity index (χ1) is 7.90. The maximum Gasteiger partial charge on any atom is 0.127 e. The Bertz CT molecular complexity index is 465. The van der Waals surface area contributed by atoms with Crippen LogP contribution in [0.2, 0.25) is 0 Å². The van der Waals surface area contributed by atoms with Crippen LogP contribution in [0.25, 0.3) is 0 Å². The summed E-state index contributed by atoms with van der Waals surface area (Å²) < 4.78 is 5.16. The van der Waals surface area contributed by atoms with E-state index in [-0.39, 0.29) is 5.41 Å². The molecule has 2 aliphatic carbocycles. The Labute approximate surface area is 93.6 Å². The van der Waals surface area contributed by atoms with Crippen molar-refractivity contribution in [2.75, 3.05) is 6.61 Å².